The van der Waals surface area contributed by atoms with Crippen LogP contribution in [0.2, 0.25) is 0 Å². The SMILES string of the molecule is CCOC(=O)C1=C(C)N=c2s/c(=C\c3ccc(OCc4ccccc4)c(Br)c3)c(=O)n2[C@H]1c1ccc(OC)c(OCC)c1. The molecule has 0 spiro atoms. The molecular formula is C33H31BrN2O6S. The van der Waals surface area contributed by atoms with E-state index < -0.39 is 12.0 Å². The van der Waals surface area contributed by atoms with Crippen LogP contribution < -0.4 is 29.1 Å². The molecular weight excluding hydrogens is 632 g/mol. The van der Waals surface area contributed by atoms with Gasteiger partial charge in [-0.15, -0.1) is 0 Å². The number of carbonyl (C=O) groups is 1. The van der Waals surface area contributed by atoms with E-state index in [9.17, 15) is 9.59 Å². The van der Waals surface area contributed by atoms with E-state index in [1.54, 1.807) is 37.7 Å². The van der Waals surface area contributed by atoms with Gasteiger partial charge in [0.1, 0.15) is 12.4 Å². The maximum atomic E-state index is 14.0. The molecule has 0 amide bonds. The molecule has 222 valence electrons. The minimum Gasteiger partial charge on any atom is -0.493 e. The van der Waals surface area contributed by atoms with Gasteiger partial charge in [0.15, 0.2) is 16.3 Å². The molecule has 0 N–H and O–H groups in total. The minimum absolute atomic E-state index is 0.194. The van der Waals surface area contributed by atoms with Gasteiger partial charge >= 0.3 is 5.97 Å². The summed E-state index contributed by atoms with van der Waals surface area (Å²) >= 11 is 4.87. The second-order valence-corrected chi connectivity index (χ2v) is 11.5. The van der Waals surface area contributed by atoms with Crippen LogP contribution in [-0.4, -0.2) is 30.9 Å². The maximum Gasteiger partial charge on any atom is 0.338 e. The van der Waals surface area contributed by atoms with E-state index in [4.69, 9.17) is 18.9 Å². The molecule has 0 bridgehead atoms. The third kappa shape index (κ3) is 6.45. The molecule has 1 atom stereocenters. The van der Waals surface area contributed by atoms with E-state index in [0.717, 1.165) is 15.6 Å². The van der Waals surface area contributed by atoms with Gasteiger partial charge in [0.2, 0.25) is 0 Å². The van der Waals surface area contributed by atoms with E-state index in [2.05, 4.69) is 20.9 Å². The van der Waals surface area contributed by atoms with Crippen LogP contribution in [0.1, 0.15) is 43.5 Å². The molecule has 0 radical (unpaired) electrons. The van der Waals surface area contributed by atoms with Gasteiger partial charge in [-0.3, -0.25) is 9.36 Å². The predicted molar refractivity (Wildman–Crippen MR) is 169 cm³/mol. The van der Waals surface area contributed by atoms with Crippen molar-refractivity contribution < 1.29 is 23.7 Å². The summed E-state index contributed by atoms with van der Waals surface area (Å²) in [5.74, 6) is 1.24. The largest absolute Gasteiger partial charge is 0.493 e. The molecule has 4 aromatic rings. The lowest BCUT2D eigenvalue weighted by atomic mass is 9.95. The first kappa shape index (κ1) is 30.3. The van der Waals surface area contributed by atoms with Crippen LogP contribution in [0, 0.1) is 0 Å². The van der Waals surface area contributed by atoms with Crippen LogP contribution in [0.4, 0.5) is 0 Å². The Hall–Kier alpha value is -4.15. The van der Waals surface area contributed by atoms with Gasteiger partial charge < -0.3 is 18.9 Å². The number of thiazole rings is 1. The molecule has 0 unspecified atom stereocenters. The predicted octanol–water partition coefficient (Wildman–Crippen LogP) is 5.55. The number of ether oxygens (including phenoxy) is 4. The van der Waals surface area contributed by atoms with Crippen LogP contribution in [-0.2, 0) is 16.1 Å². The Balaban J connectivity index is 1.57. The first-order valence-corrected chi connectivity index (χ1v) is 15.4. The summed E-state index contributed by atoms with van der Waals surface area (Å²) in [6.07, 6.45) is 1.82. The lowest BCUT2D eigenvalue weighted by Crippen LogP contribution is -2.40. The van der Waals surface area contributed by atoms with Crippen LogP contribution in [0.5, 0.6) is 17.2 Å². The molecule has 8 nitrogen and oxygen atoms in total. The highest BCUT2D eigenvalue weighted by molar-refractivity contribution is 9.10. The standard InChI is InChI=1S/C33H31BrN2O6S/c1-5-40-27-18-23(13-15-26(27)39-4)30-29(32(38)41-6-2)20(3)35-33-36(30)31(37)28(43-33)17-22-12-14-25(24(34)16-22)42-19-21-10-8-7-9-11-21/h7-18,30H,5-6,19H2,1-4H3/b28-17-/t30-/m0/s1. The smallest absolute Gasteiger partial charge is 0.338 e. The third-order valence-corrected chi connectivity index (χ3v) is 8.41. The summed E-state index contributed by atoms with van der Waals surface area (Å²) in [5.41, 5.74) is 3.08. The fraction of sp³-hybridized carbons (Fsp3) is 0.242. The molecule has 5 rings (SSSR count). The van der Waals surface area contributed by atoms with E-state index in [-0.39, 0.29) is 12.2 Å². The summed E-state index contributed by atoms with van der Waals surface area (Å²) in [7, 11) is 1.56. The van der Waals surface area contributed by atoms with E-state index in [0.29, 0.717) is 56.6 Å². The van der Waals surface area contributed by atoms with Gasteiger partial charge in [0, 0.05) is 0 Å². The first-order valence-electron chi connectivity index (χ1n) is 13.8. The summed E-state index contributed by atoms with van der Waals surface area (Å²) in [5, 5.41) is 0. The average molecular weight is 664 g/mol. The number of benzene rings is 3. The number of esters is 1. The van der Waals surface area contributed by atoms with Gasteiger partial charge in [-0.2, -0.15) is 0 Å². The van der Waals surface area contributed by atoms with Crippen molar-refractivity contribution in [2.24, 2.45) is 4.99 Å². The average Bonchev–Trinajstić information content (AvgIpc) is 3.30. The maximum absolute atomic E-state index is 14.0. The van der Waals surface area contributed by atoms with E-state index >= 15 is 0 Å². The van der Waals surface area contributed by atoms with Crippen molar-refractivity contribution >= 4 is 39.3 Å². The zero-order valence-electron chi connectivity index (χ0n) is 24.3. The Morgan fingerprint density at radius 2 is 1.77 bits per heavy atom. The number of rotatable bonds is 10. The number of fused-ring (bicyclic) bond motifs is 1. The van der Waals surface area contributed by atoms with Crippen molar-refractivity contribution in [1.29, 1.82) is 0 Å². The number of carbonyl (C=O) groups excluding carboxylic acids is 1. The Morgan fingerprint density at radius 3 is 2.47 bits per heavy atom. The monoisotopic (exact) mass is 662 g/mol. The highest BCUT2D eigenvalue weighted by atomic mass is 79.9. The Bertz CT molecular complexity index is 1860. The third-order valence-electron chi connectivity index (χ3n) is 6.81. The zero-order chi connectivity index (χ0) is 30.5. The Labute approximate surface area is 261 Å². The second kappa shape index (κ2) is 13.4. The zero-order valence-corrected chi connectivity index (χ0v) is 26.7. The van der Waals surface area contributed by atoms with Crippen LogP contribution in [0.3, 0.4) is 0 Å². The van der Waals surface area contributed by atoms with Crippen molar-refractivity contribution in [3.63, 3.8) is 0 Å². The molecule has 10 heteroatoms. The Kier molecular flexibility index (Phi) is 9.47. The summed E-state index contributed by atoms with van der Waals surface area (Å²) < 4.78 is 25.5. The van der Waals surface area contributed by atoms with Gasteiger partial charge in [-0.25, -0.2) is 9.79 Å². The molecule has 2 heterocycles. The summed E-state index contributed by atoms with van der Waals surface area (Å²) in [6, 6.07) is 20.2. The van der Waals surface area contributed by atoms with E-state index in [1.807, 2.05) is 67.6 Å². The van der Waals surface area contributed by atoms with Gasteiger partial charge in [0.25, 0.3) is 5.56 Å². The van der Waals surface area contributed by atoms with Crippen LogP contribution in [0.15, 0.2) is 92.3 Å². The highest BCUT2D eigenvalue weighted by Gasteiger charge is 2.34. The fourth-order valence-corrected chi connectivity index (χ4v) is 6.41. The van der Waals surface area contributed by atoms with Crippen molar-refractivity contribution in [2.45, 2.75) is 33.4 Å². The summed E-state index contributed by atoms with van der Waals surface area (Å²) in [6.45, 7) is 6.44. The number of allylic oxidation sites excluding steroid dienone is 1. The number of methoxy groups -OCH3 is 1. The second-order valence-electron chi connectivity index (χ2n) is 9.61. The van der Waals surface area contributed by atoms with Crippen LogP contribution in [0.25, 0.3) is 6.08 Å². The first-order chi connectivity index (χ1) is 20.8. The topological polar surface area (TPSA) is 88.4 Å². The number of nitrogens with zero attached hydrogens (tertiary/aromatic N) is 2. The van der Waals surface area contributed by atoms with E-state index in [1.165, 1.54) is 11.3 Å². The minimum atomic E-state index is -0.761. The molecule has 0 fully saturated rings. The molecule has 0 aliphatic carbocycles. The fourth-order valence-electron chi connectivity index (χ4n) is 4.85. The van der Waals surface area contributed by atoms with Crippen molar-refractivity contribution in [3.8, 4) is 17.2 Å². The number of halogens is 1. The number of aromatic nitrogens is 1. The van der Waals surface area contributed by atoms with Crippen molar-refractivity contribution in [1.82, 2.24) is 4.57 Å². The number of hydrogen-bond donors (Lipinski definition) is 0. The van der Waals surface area contributed by atoms with Crippen molar-refractivity contribution in [3.05, 3.63) is 119 Å². The Morgan fingerprint density at radius 1 is 1.00 bits per heavy atom. The number of hydrogen-bond acceptors (Lipinski definition) is 8. The quantitative estimate of drug-likeness (QED) is 0.207. The molecule has 0 saturated carbocycles. The van der Waals surface area contributed by atoms with Crippen molar-refractivity contribution in [2.75, 3.05) is 20.3 Å². The molecule has 1 aliphatic heterocycles. The van der Waals surface area contributed by atoms with Gasteiger partial charge in [0.05, 0.1) is 46.6 Å². The van der Waals surface area contributed by atoms with Gasteiger partial charge in [-0.05, 0) is 83.7 Å². The normalized spacial score (nSPS) is 14.6. The van der Waals surface area contributed by atoms with Gasteiger partial charge in [-0.1, -0.05) is 53.8 Å². The van der Waals surface area contributed by atoms with Crippen LogP contribution >= 0.6 is 27.3 Å². The highest BCUT2D eigenvalue weighted by Crippen LogP contribution is 2.36. The summed E-state index contributed by atoms with van der Waals surface area (Å²) in [4.78, 5) is 32.4. The molecule has 43 heavy (non-hydrogen) atoms. The molecule has 0 saturated heterocycles. The molecule has 1 aromatic heterocycles. The molecule has 1 aliphatic rings. The molecule has 3 aromatic carbocycles. The lowest BCUT2D eigenvalue weighted by molar-refractivity contribution is -0.139. The lowest BCUT2D eigenvalue weighted by Gasteiger charge is -2.25.